The highest BCUT2D eigenvalue weighted by molar-refractivity contribution is 7.99. The van der Waals surface area contributed by atoms with Crippen molar-refractivity contribution >= 4 is 34.7 Å². The zero-order chi connectivity index (χ0) is 13.8. The number of pyridine rings is 1. The van der Waals surface area contributed by atoms with Crippen LogP contribution in [0.5, 0.6) is 0 Å². The highest BCUT2D eigenvalue weighted by Crippen LogP contribution is 2.23. The van der Waals surface area contributed by atoms with Crippen LogP contribution in [0.15, 0.2) is 23.6 Å². The average molecular weight is 281 g/mol. The number of nitrogens with zero attached hydrogens (tertiary/aromatic N) is 3. The lowest BCUT2D eigenvalue weighted by atomic mass is 10.4. The second-order valence-electron chi connectivity index (χ2n) is 3.60. The molecule has 0 bridgehead atoms. The fourth-order valence-corrected chi connectivity index (χ4v) is 2.28. The number of esters is 1. The van der Waals surface area contributed by atoms with Crippen molar-refractivity contribution in [3.05, 3.63) is 18.5 Å². The van der Waals surface area contributed by atoms with Crippen molar-refractivity contribution in [2.24, 2.45) is 0 Å². The van der Waals surface area contributed by atoms with E-state index >= 15 is 0 Å². The third-order valence-corrected chi connectivity index (χ3v) is 3.32. The fraction of sp³-hybridized carbons (Fsp3) is 0.273. The second kappa shape index (κ2) is 5.70. The van der Waals surface area contributed by atoms with Gasteiger partial charge in [-0.1, -0.05) is 11.8 Å². The number of carbonyl (C=O) groups excluding carboxylic acids is 1. The number of hydrogen-bond donors (Lipinski definition) is 1. The third-order valence-electron chi connectivity index (χ3n) is 2.36. The van der Waals surface area contributed by atoms with Crippen LogP contribution in [-0.2, 0) is 20.9 Å². The molecule has 0 atom stereocenters. The zero-order valence-electron chi connectivity index (χ0n) is 10.1. The van der Waals surface area contributed by atoms with Gasteiger partial charge in [0.1, 0.15) is 12.1 Å². The van der Waals surface area contributed by atoms with Crippen LogP contribution < -0.4 is 0 Å². The topological polar surface area (TPSA) is 94.3 Å². The van der Waals surface area contributed by atoms with E-state index in [4.69, 9.17) is 5.11 Å². The molecule has 0 aliphatic rings. The summed E-state index contributed by atoms with van der Waals surface area (Å²) in [6, 6.07) is 1.72. The Morgan fingerprint density at radius 3 is 3.00 bits per heavy atom. The molecule has 0 saturated heterocycles. The maximum atomic E-state index is 11.4. The summed E-state index contributed by atoms with van der Waals surface area (Å²) in [5.74, 6) is -1.49. The molecule has 0 fully saturated rings. The third kappa shape index (κ3) is 3.02. The largest absolute Gasteiger partial charge is 0.481 e. The number of thioether (sulfide) groups is 1. The van der Waals surface area contributed by atoms with Crippen LogP contribution >= 0.6 is 11.8 Å². The van der Waals surface area contributed by atoms with Crippen molar-refractivity contribution in [2.75, 3.05) is 12.9 Å². The molecule has 1 N–H and O–H groups in total. The van der Waals surface area contributed by atoms with Gasteiger partial charge in [-0.3, -0.25) is 14.6 Å². The van der Waals surface area contributed by atoms with E-state index in [0.29, 0.717) is 16.2 Å². The monoisotopic (exact) mass is 281 g/mol. The molecule has 0 amide bonds. The molecule has 8 heteroatoms. The minimum atomic E-state index is -0.945. The lowest BCUT2D eigenvalue weighted by molar-refractivity contribution is -0.141. The summed E-state index contributed by atoms with van der Waals surface area (Å²) in [6.07, 6.45) is 3.15. The van der Waals surface area contributed by atoms with E-state index < -0.39 is 11.9 Å². The molecule has 0 unspecified atom stereocenters. The van der Waals surface area contributed by atoms with E-state index in [1.165, 1.54) is 7.11 Å². The lowest BCUT2D eigenvalue weighted by Gasteiger charge is -2.06. The summed E-state index contributed by atoms with van der Waals surface area (Å²) >= 11 is 1.05. The molecule has 0 aliphatic heterocycles. The Morgan fingerprint density at radius 2 is 2.32 bits per heavy atom. The first kappa shape index (κ1) is 13.3. The van der Waals surface area contributed by atoms with E-state index in [-0.39, 0.29) is 12.3 Å². The van der Waals surface area contributed by atoms with Gasteiger partial charge < -0.3 is 14.4 Å². The number of hydrogen-bond acceptors (Lipinski definition) is 6. The highest BCUT2D eigenvalue weighted by Gasteiger charge is 2.15. The molecular formula is C11H11N3O4S. The molecule has 2 rings (SSSR count). The Bertz CT molecular complexity index is 625. The van der Waals surface area contributed by atoms with Crippen LogP contribution in [-0.4, -0.2) is 44.4 Å². The number of ether oxygens (including phenoxy) is 1. The number of imidazole rings is 1. The van der Waals surface area contributed by atoms with Crippen LogP contribution in [0.3, 0.4) is 0 Å². The summed E-state index contributed by atoms with van der Waals surface area (Å²) < 4.78 is 6.25. The molecule has 2 heterocycles. The molecule has 0 aliphatic carbocycles. The van der Waals surface area contributed by atoms with Gasteiger partial charge in [-0.15, -0.1) is 0 Å². The number of carbonyl (C=O) groups is 2. The number of carboxylic acid groups (broad SMARTS) is 1. The Balaban J connectivity index is 2.39. The molecule has 0 spiro atoms. The number of methoxy groups -OCH3 is 1. The van der Waals surface area contributed by atoms with Crippen molar-refractivity contribution in [2.45, 2.75) is 11.7 Å². The Kier molecular flexibility index (Phi) is 4.00. The van der Waals surface area contributed by atoms with E-state index in [1.807, 2.05) is 0 Å². The van der Waals surface area contributed by atoms with Crippen molar-refractivity contribution in [1.29, 1.82) is 0 Å². The highest BCUT2D eigenvalue weighted by atomic mass is 32.2. The van der Waals surface area contributed by atoms with E-state index in [0.717, 1.165) is 11.8 Å². The fourth-order valence-electron chi connectivity index (χ4n) is 1.54. The van der Waals surface area contributed by atoms with Gasteiger partial charge >= 0.3 is 11.9 Å². The van der Waals surface area contributed by atoms with Crippen LogP contribution in [0, 0.1) is 0 Å². The van der Waals surface area contributed by atoms with Crippen molar-refractivity contribution in [3.63, 3.8) is 0 Å². The smallest absolute Gasteiger partial charge is 0.325 e. The standard InChI is InChI=1S/C11H11N3O4S/c1-18-10(17)5-14-8-2-3-12-4-7(8)13-11(14)19-6-9(15)16/h2-4H,5-6H2,1H3,(H,15,16). The van der Waals surface area contributed by atoms with Gasteiger partial charge in [0.05, 0.1) is 24.6 Å². The van der Waals surface area contributed by atoms with Crippen LogP contribution in [0.4, 0.5) is 0 Å². The summed E-state index contributed by atoms with van der Waals surface area (Å²) in [5, 5.41) is 9.16. The molecule has 100 valence electrons. The quantitative estimate of drug-likeness (QED) is 0.639. The van der Waals surface area contributed by atoms with Crippen LogP contribution in [0.2, 0.25) is 0 Å². The van der Waals surface area contributed by atoms with Gasteiger partial charge in [-0.05, 0) is 6.07 Å². The number of rotatable bonds is 5. The molecule has 19 heavy (non-hydrogen) atoms. The molecule has 2 aromatic heterocycles. The van der Waals surface area contributed by atoms with Crippen LogP contribution in [0.25, 0.3) is 11.0 Å². The molecule has 0 radical (unpaired) electrons. The van der Waals surface area contributed by atoms with E-state index in [9.17, 15) is 9.59 Å². The summed E-state index contributed by atoms with van der Waals surface area (Å²) in [5.41, 5.74) is 1.33. The van der Waals surface area contributed by atoms with Gasteiger partial charge in [0.15, 0.2) is 5.16 Å². The Hall–Kier alpha value is -2.09. The summed E-state index contributed by atoms with van der Waals surface area (Å²) in [6.45, 7) is -0.0149. The zero-order valence-corrected chi connectivity index (χ0v) is 10.9. The number of carboxylic acids is 1. The van der Waals surface area contributed by atoms with Gasteiger partial charge in [-0.2, -0.15) is 0 Å². The van der Waals surface area contributed by atoms with Crippen molar-refractivity contribution in [3.8, 4) is 0 Å². The van der Waals surface area contributed by atoms with Crippen molar-refractivity contribution < 1.29 is 19.4 Å². The van der Waals surface area contributed by atoms with E-state index in [1.54, 1.807) is 23.0 Å². The van der Waals surface area contributed by atoms with Crippen LogP contribution in [0.1, 0.15) is 0 Å². The Morgan fingerprint density at radius 1 is 1.53 bits per heavy atom. The second-order valence-corrected chi connectivity index (χ2v) is 4.55. The molecule has 2 aromatic rings. The minimum Gasteiger partial charge on any atom is -0.481 e. The Labute approximate surface area is 112 Å². The number of aromatic nitrogens is 3. The summed E-state index contributed by atoms with van der Waals surface area (Å²) in [4.78, 5) is 30.2. The van der Waals surface area contributed by atoms with Crippen molar-refractivity contribution in [1.82, 2.24) is 14.5 Å². The average Bonchev–Trinajstić information content (AvgIpc) is 2.74. The number of aliphatic carboxylic acids is 1. The first-order valence-corrected chi connectivity index (χ1v) is 6.32. The first-order chi connectivity index (χ1) is 9.11. The molecule has 0 saturated carbocycles. The van der Waals surface area contributed by atoms with E-state index in [2.05, 4.69) is 14.7 Å². The molecule has 7 nitrogen and oxygen atoms in total. The van der Waals surface area contributed by atoms with Gasteiger partial charge in [0.2, 0.25) is 0 Å². The first-order valence-electron chi connectivity index (χ1n) is 5.33. The maximum Gasteiger partial charge on any atom is 0.325 e. The van der Waals surface area contributed by atoms with Gasteiger partial charge in [0.25, 0.3) is 0 Å². The molecular weight excluding hydrogens is 270 g/mol. The summed E-state index contributed by atoms with van der Waals surface area (Å²) in [7, 11) is 1.30. The maximum absolute atomic E-state index is 11.4. The molecule has 0 aromatic carbocycles. The van der Waals surface area contributed by atoms with Gasteiger partial charge in [0, 0.05) is 6.20 Å². The van der Waals surface area contributed by atoms with Gasteiger partial charge in [-0.25, -0.2) is 4.98 Å². The predicted molar refractivity (Wildman–Crippen MR) is 67.9 cm³/mol. The lowest BCUT2D eigenvalue weighted by Crippen LogP contribution is -2.13. The number of fused-ring (bicyclic) bond motifs is 1. The SMILES string of the molecule is COC(=O)Cn1c(SCC(=O)O)nc2cnccc21. The minimum absolute atomic E-state index is 0.0149. The normalized spacial score (nSPS) is 10.6. The predicted octanol–water partition coefficient (Wildman–Crippen LogP) is 0.781.